The van der Waals surface area contributed by atoms with Crippen LogP contribution in [0.4, 0.5) is 5.69 Å². The number of hydrogen-bond donors (Lipinski definition) is 1. The third-order valence-electron chi connectivity index (χ3n) is 3.87. The van der Waals surface area contributed by atoms with Gasteiger partial charge in [0, 0.05) is 4.90 Å². The maximum atomic E-state index is 12.3. The van der Waals surface area contributed by atoms with Crippen molar-refractivity contribution in [2.75, 3.05) is 24.3 Å². The molecular weight excluding hydrogens is 378 g/mol. The van der Waals surface area contributed by atoms with Gasteiger partial charge in [-0.3, -0.25) is 4.79 Å². The summed E-state index contributed by atoms with van der Waals surface area (Å²) in [6, 6.07) is 8.54. The molecule has 2 aliphatic rings. The average molecular weight is 392 g/mol. The predicted octanol–water partition coefficient (Wildman–Crippen LogP) is 3.51. The summed E-state index contributed by atoms with van der Waals surface area (Å²) < 4.78 is 16.3. The minimum atomic E-state index is -0.483. The number of hydrogen-bond acceptors (Lipinski definition) is 6. The molecule has 0 unspecified atom stereocenters. The number of fused-ring (bicyclic) bond motifs is 2. The second-order valence-electron chi connectivity index (χ2n) is 5.73. The molecule has 2 aromatic rings. The van der Waals surface area contributed by atoms with Crippen LogP contribution in [0.2, 0.25) is 5.02 Å². The number of carbonyl (C=O) groups excluding carboxylic acids is 2. The molecule has 1 amide bonds. The number of benzene rings is 2. The Morgan fingerprint density at radius 2 is 2.08 bits per heavy atom. The Hall–Kier alpha value is -2.38. The molecule has 0 aromatic heterocycles. The summed E-state index contributed by atoms with van der Waals surface area (Å²) >= 11 is 7.62. The second kappa shape index (κ2) is 7.09. The lowest BCUT2D eigenvalue weighted by atomic mass is 10.2. The van der Waals surface area contributed by atoms with Gasteiger partial charge in [0.25, 0.3) is 0 Å². The van der Waals surface area contributed by atoms with Crippen molar-refractivity contribution in [2.45, 2.75) is 11.5 Å². The molecule has 4 rings (SSSR count). The maximum Gasteiger partial charge on any atom is 0.338 e. The van der Waals surface area contributed by atoms with Gasteiger partial charge in [-0.1, -0.05) is 11.6 Å². The number of halogens is 1. The monoisotopic (exact) mass is 391 g/mol. The number of amides is 1. The van der Waals surface area contributed by atoms with Gasteiger partial charge < -0.3 is 19.5 Å². The van der Waals surface area contributed by atoms with Crippen molar-refractivity contribution in [1.82, 2.24) is 0 Å². The van der Waals surface area contributed by atoms with Crippen LogP contribution in [0, 0.1) is 0 Å². The summed E-state index contributed by atoms with van der Waals surface area (Å²) in [5, 5.41) is 3.17. The minimum absolute atomic E-state index is 0.0490. The van der Waals surface area contributed by atoms with Crippen LogP contribution < -0.4 is 14.8 Å². The summed E-state index contributed by atoms with van der Waals surface area (Å²) in [7, 11) is 0. The fraction of sp³-hybridized carbons (Fsp3) is 0.222. The van der Waals surface area contributed by atoms with Gasteiger partial charge in [-0.2, -0.15) is 0 Å². The summed E-state index contributed by atoms with van der Waals surface area (Å²) in [5.41, 5.74) is 1.70. The highest BCUT2D eigenvalue weighted by Gasteiger charge is 2.19. The Morgan fingerprint density at radius 1 is 1.23 bits per heavy atom. The predicted molar refractivity (Wildman–Crippen MR) is 97.4 cm³/mol. The molecule has 2 heterocycles. The van der Waals surface area contributed by atoms with Crippen molar-refractivity contribution in [1.29, 1.82) is 0 Å². The van der Waals surface area contributed by atoms with Crippen LogP contribution in [-0.4, -0.2) is 30.8 Å². The lowest BCUT2D eigenvalue weighted by Crippen LogP contribution is -2.19. The smallest absolute Gasteiger partial charge is 0.338 e. The molecule has 0 atom stereocenters. The van der Waals surface area contributed by atoms with Gasteiger partial charge >= 0.3 is 5.97 Å². The Morgan fingerprint density at radius 3 is 2.96 bits per heavy atom. The molecule has 0 fully saturated rings. The van der Waals surface area contributed by atoms with E-state index < -0.39 is 5.97 Å². The molecule has 0 spiro atoms. The molecule has 0 radical (unpaired) electrons. The molecule has 0 saturated carbocycles. The van der Waals surface area contributed by atoms with Gasteiger partial charge in [0.2, 0.25) is 5.91 Å². The molecule has 2 aromatic carbocycles. The summed E-state index contributed by atoms with van der Waals surface area (Å²) in [5.74, 6) is 0.864. The number of nitrogens with one attached hydrogen (secondary N) is 1. The average Bonchev–Trinajstić information content (AvgIpc) is 2.65. The van der Waals surface area contributed by atoms with E-state index in [4.69, 9.17) is 25.8 Å². The Labute approximate surface area is 158 Å². The fourth-order valence-electron chi connectivity index (χ4n) is 2.69. The van der Waals surface area contributed by atoms with Gasteiger partial charge in [-0.15, -0.1) is 11.8 Å². The maximum absolute atomic E-state index is 12.3. The van der Waals surface area contributed by atoms with E-state index in [0.717, 1.165) is 4.90 Å². The second-order valence-corrected chi connectivity index (χ2v) is 7.15. The van der Waals surface area contributed by atoms with Gasteiger partial charge in [-0.25, -0.2) is 4.79 Å². The number of esters is 1. The SMILES string of the molecule is O=C1CSc2ccc(C(=O)OCc3cc(Cl)c4c(c3)OCCO4)cc2N1. The highest BCUT2D eigenvalue weighted by molar-refractivity contribution is 8.00. The number of rotatable bonds is 3. The lowest BCUT2D eigenvalue weighted by Gasteiger charge is -2.20. The standard InChI is InChI=1S/C18H14ClNO5S/c19-12-5-10(6-14-17(12)24-4-3-23-14)8-25-18(22)11-1-2-15-13(7-11)20-16(21)9-26-15/h1-2,5-7H,3-4,8-9H2,(H,20,21). The van der Waals surface area contributed by atoms with Crippen LogP contribution in [-0.2, 0) is 16.1 Å². The van der Waals surface area contributed by atoms with E-state index in [2.05, 4.69) is 5.32 Å². The van der Waals surface area contributed by atoms with Gasteiger partial charge in [-0.05, 0) is 35.9 Å². The number of carbonyl (C=O) groups is 2. The normalized spacial score (nSPS) is 15.0. The molecule has 0 bridgehead atoms. The third-order valence-corrected chi connectivity index (χ3v) is 5.23. The van der Waals surface area contributed by atoms with Gasteiger partial charge in [0.1, 0.15) is 19.8 Å². The summed E-state index contributed by atoms with van der Waals surface area (Å²) in [6.45, 7) is 0.951. The largest absolute Gasteiger partial charge is 0.486 e. The van der Waals surface area contributed by atoms with Crippen molar-refractivity contribution in [2.24, 2.45) is 0 Å². The first-order chi connectivity index (χ1) is 12.6. The van der Waals surface area contributed by atoms with Crippen molar-refractivity contribution < 1.29 is 23.8 Å². The van der Waals surface area contributed by atoms with Crippen molar-refractivity contribution in [3.63, 3.8) is 0 Å². The van der Waals surface area contributed by atoms with Crippen LogP contribution in [0.15, 0.2) is 35.2 Å². The topological polar surface area (TPSA) is 73.9 Å². The van der Waals surface area contributed by atoms with Crippen LogP contribution in [0.5, 0.6) is 11.5 Å². The van der Waals surface area contributed by atoms with E-state index >= 15 is 0 Å². The molecule has 2 aliphatic heterocycles. The summed E-state index contributed by atoms with van der Waals surface area (Å²) in [4.78, 5) is 24.7. The molecular formula is C18H14ClNO5S. The number of ether oxygens (including phenoxy) is 3. The van der Waals surface area contributed by atoms with E-state index in [1.807, 2.05) is 0 Å². The van der Waals surface area contributed by atoms with E-state index in [1.54, 1.807) is 30.3 Å². The van der Waals surface area contributed by atoms with Crippen molar-refractivity contribution in [3.05, 3.63) is 46.5 Å². The van der Waals surface area contributed by atoms with E-state index in [0.29, 0.717) is 52.3 Å². The Balaban J connectivity index is 1.47. The zero-order valence-corrected chi connectivity index (χ0v) is 15.1. The summed E-state index contributed by atoms with van der Waals surface area (Å²) in [6.07, 6.45) is 0. The first-order valence-corrected chi connectivity index (χ1v) is 9.28. The van der Waals surface area contributed by atoms with Crippen LogP contribution in [0.25, 0.3) is 0 Å². The van der Waals surface area contributed by atoms with Crippen molar-refractivity contribution in [3.8, 4) is 11.5 Å². The molecule has 26 heavy (non-hydrogen) atoms. The molecule has 0 saturated heterocycles. The third kappa shape index (κ3) is 3.45. The van der Waals surface area contributed by atoms with Gasteiger partial charge in [0.05, 0.1) is 22.0 Å². The van der Waals surface area contributed by atoms with Crippen LogP contribution in [0.3, 0.4) is 0 Å². The molecule has 134 valence electrons. The van der Waals surface area contributed by atoms with Gasteiger partial charge in [0.15, 0.2) is 11.5 Å². The van der Waals surface area contributed by atoms with E-state index in [-0.39, 0.29) is 12.5 Å². The van der Waals surface area contributed by atoms with Crippen molar-refractivity contribution >= 4 is 40.9 Å². The number of thioether (sulfide) groups is 1. The quantitative estimate of drug-likeness (QED) is 0.807. The zero-order valence-electron chi connectivity index (χ0n) is 13.5. The highest BCUT2D eigenvalue weighted by atomic mass is 35.5. The minimum Gasteiger partial charge on any atom is -0.486 e. The molecule has 1 N–H and O–H groups in total. The number of anilines is 1. The molecule has 0 aliphatic carbocycles. The Bertz CT molecular complexity index is 901. The Kier molecular flexibility index (Phi) is 4.65. The zero-order chi connectivity index (χ0) is 18.1. The highest BCUT2D eigenvalue weighted by Crippen LogP contribution is 2.38. The lowest BCUT2D eigenvalue weighted by molar-refractivity contribution is -0.113. The first kappa shape index (κ1) is 17.1. The van der Waals surface area contributed by atoms with E-state index in [9.17, 15) is 9.59 Å². The van der Waals surface area contributed by atoms with Crippen LogP contribution >= 0.6 is 23.4 Å². The fourth-order valence-corrected chi connectivity index (χ4v) is 3.77. The molecule has 8 heteroatoms. The molecule has 6 nitrogen and oxygen atoms in total. The van der Waals surface area contributed by atoms with E-state index in [1.165, 1.54) is 11.8 Å². The first-order valence-electron chi connectivity index (χ1n) is 7.92. The van der Waals surface area contributed by atoms with Crippen LogP contribution in [0.1, 0.15) is 15.9 Å².